The Balaban J connectivity index is 0.000000360. The van der Waals surface area contributed by atoms with Crippen molar-refractivity contribution in [1.82, 2.24) is 0 Å². The smallest absolute Gasteiger partial charge is 0 e. The second-order valence-corrected chi connectivity index (χ2v) is 1.46. The largest absolute Gasteiger partial charge is 0.213 e. The number of aryl methyl sites for hydroxylation is 1. The van der Waals surface area contributed by atoms with E-state index >= 15 is 0 Å². The molecule has 0 aromatic heterocycles. The minimum absolute atomic E-state index is 0. The van der Waals surface area contributed by atoms with Crippen LogP contribution in [0, 0.1) is 6.92 Å². The molecule has 0 fully saturated rings. The van der Waals surface area contributed by atoms with Crippen LogP contribution in [0.2, 0.25) is 0 Å². The maximum absolute atomic E-state index is 2.08. The van der Waals surface area contributed by atoms with Crippen LogP contribution < -0.4 is 0 Å². The van der Waals surface area contributed by atoms with Crippen molar-refractivity contribution in [2.75, 3.05) is 0 Å². The first-order valence-electron chi connectivity index (χ1n) is 2.08. The van der Waals surface area contributed by atoms with Crippen molar-refractivity contribution in [3.8, 4) is 0 Å². The maximum Gasteiger partial charge on any atom is 0 e. The Morgan fingerprint density at radius 1 is 1.14 bits per heavy atom. The first-order valence-corrected chi connectivity index (χ1v) is 2.08. The summed E-state index contributed by atoms with van der Waals surface area (Å²) in [4.78, 5) is 0. The van der Waals surface area contributed by atoms with Crippen molar-refractivity contribution >= 4 is 0 Å². The SMILES string of the molecule is C[c-]1cccc1.[V]. The third-order valence-electron chi connectivity index (χ3n) is 0.829. The molecule has 0 aliphatic carbocycles. The van der Waals surface area contributed by atoms with E-state index in [4.69, 9.17) is 0 Å². The molecule has 1 heteroatoms. The molecule has 1 radical (unpaired) electrons. The van der Waals surface area contributed by atoms with Gasteiger partial charge in [-0.3, -0.25) is 0 Å². The van der Waals surface area contributed by atoms with Gasteiger partial charge in [-0.15, -0.1) is 0 Å². The number of rotatable bonds is 0. The molecular weight excluding hydrogens is 123 g/mol. The van der Waals surface area contributed by atoms with Gasteiger partial charge < -0.3 is 0 Å². The summed E-state index contributed by atoms with van der Waals surface area (Å²) in [5.74, 6) is 0. The van der Waals surface area contributed by atoms with Crippen LogP contribution in [0.4, 0.5) is 0 Å². The maximum atomic E-state index is 2.08. The molecule has 1 aromatic carbocycles. The van der Waals surface area contributed by atoms with E-state index in [-0.39, 0.29) is 18.6 Å². The molecule has 0 aliphatic heterocycles. The molecule has 0 saturated heterocycles. The van der Waals surface area contributed by atoms with E-state index in [9.17, 15) is 0 Å². The summed E-state index contributed by atoms with van der Waals surface area (Å²) < 4.78 is 0. The molecule has 0 heterocycles. The fourth-order valence-electron chi connectivity index (χ4n) is 0.470. The average molecular weight is 130 g/mol. The molecule has 0 N–H and O–H groups in total. The van der Waals surface area contributed by atoms with E-state index < -0.39 is 0 Å². The van der Waals surface area contributed by atoms with Gasteiger partial charge in [-0.25, -0.2) is 12.1 Å². The van der Waals surface area contributed by atoms with Crippen LogP contribution in [-0.4, -0.2) is 0 Å². The van der Waals surface area contributed by atoms with Crippen molar-refractivity contribution in [1.29, 1.82) is 0 Å². The van der Waals surface area contributed by atoms with Crippen molar-refractivity contribution in [3.63, 3.8) is 0 Å². The molecule has 0 aliphatic rings. The van der Waals surface area contributed by atoms with Crippen molar-refractivity contribution < 1.29 is 18.6 Å². The van der Waals surface area contributed by atoms with E-state index in [1.165, 1.54) is 5.56 Å². The van der Waals surface area contributed by atoms with Gasteiger partial charge in [0.2, 0.25) is 0 Å². The zero-order valence-corrected chi connectivity index (χ0v) is 5.65. The monoisotopic (exact) mass is 130 g/mol. The van der Waals surface area contributed by atoms with Gasteiger partial charge in [0.05, 0.1) is 0 Å². The van der Waals surface area contributed by atoms with Gasteiger partial charge in [0, 0.05) is 18.6 Å². The summed E-state index contributed by atoms with van der Waals surface area (Å²) in [6.45, 7) is 2.08. The van der Waals surface area contributed by atoms with Crippen molar-refractivity contribution in [2.24, 2.45) is 0 Å². The topological polar surface area (TPSA) is 0 Å². The predicted molar refractivity (Wildman–Crippen MR) is 26.8 cm³/mol. The standard InChI is InChI=1S/C6H7.V/c1-6-4-2-3-5-6;/h2-5H,1H3;/q-1;. The summed E-state index contributed by atoms with van der Waals surface area (Å²) in [7, 11) is 0. The Hall–Kier alpha value is -0.0656. The van der Waals surface area contributed by atoms with Crippen molar-refractivity contribution in [2.45, 2.75) is 6.92 Å². The Labute approximate surface area is 55.8 Å². The quantitative estimate of drug-likeness (QED) is 0.469. The summed E-state index contributed by atoms with van der Waals surface area (Å²) in [6.07, 6.45) is 0. The minimum atomic E-state index is 0. The van der Waals surface area contributed by atoms with Crippen LogP contribution in [0.15, 0.2) is 24.3 Å². The Morgan fingerprint density at radius 2 is 1.57 bits per heavy atom. The third kappa shape index (κ3) is 1.91. The summed E-state index contributed by atoms with van der Waals surface area (Å²) in [5.41, 5.74) is 1.34. The molecule has 0 spiro atoms. The molecule has 0 unspecified atom stereocenters. The van der Waals surface area contributed by atoms with Crippen LogP contribution in [0.1, 0.15) is 5.56 Å². The van der Waals surface area contributed by atoms with Crippen molar-refractivity contribution in [3.05, 3.63) is 29.8 Å². The molecular formula is C6H7V-. The molecule has 0 amide bonds. The first kappa shape index (κ1) is 6.93. The average Bonchev–Trinajstić information content (AvgIpc) is 1.86. The van der Waals surface area contributed by atoms with E-state index in [0.717, 1.165) is 0 Å². The van der Waals surface area contributed by atoms with Crippen LogP contribution >= 0.6 is 0 Å². The summed E-state index contributed by atoms with van der Waals surface area (Å²) >= 11 is 0. The Morgan fingerprint density at radius 3 is 1.71 bits per heavy atom. The Kier molecular flexibility index (Phi) is 2.98. The molecule has 1 aromatic rings. The van der Waals surface area contributed by atoms with E-state index in [2.05, 4.69) is 19.1 Å². The zero-order chi connectivity index (χ0) is 4.41. The molecule has 7 heavy (non-hydrogen) atoms. The molecule has 0 atom stereocenters. The predicted octanol–water partition coefficient (Wildman–Crippen LogP) is 1.71. The number of hydrogen-bond acceptors (Lipinski definition) is 0. The first-order chi connectivity index (χ1) is 2.89. The molecule has 37 valence electrons. The van der Waals surface area contributed by atoms with E-state index in [1.807, 2.05) is 12.1 Å². The van der Waals surface area contributed by atoms with Crippen LogP contribution in [0.5, 0.6) is 0 Å². The number of hydrogen-bond donors (Lipinski definition) is 0. The zero-order valence-electron chi connectivity index (χ0n) is 4.26. The third-order valence-corrected chi connectivity index (χ3v) is 0.829. The van der Waals surface area contributed by atoms with Gasteiger partial charge in [0.15, 0.2) is 0 Å². The Bertz CT molecular complexity index is 108. The van der Waals surface area contributed by atoms with E-state index in [1.54, 1.807) is 0 Å². The second-order valence-electron chi connectivity index (χ2n) is 1.46. The van der Waals surface area contributed by atoms with Gasteiger partial charge in [0.1, 0.15) is 0 Å². The molecule has 0 bridgehead atoms. The molecule has 0 nitrogen and oxygen atoms in total. The van der Waals surface area contributed by atoms with Gasteiger partial charge >= 0.3 is 0 Å². The molecule has 0 saturated carbocycles. The fourth-order valence-corrected chi connectivity index (χ4v) is 0.470. The molecule has 1 rings (SSSR count). The van der Waals surface area contributed by atoms with Crippen LogP contribution in [0.3, 0.4) is 0 Å². The second kappa shape index (κ2) is 3.00. The van der Waals surface area contributed by atoms with Gasteiger partial charge in [-0.1, -0.05) is 6.92 Å². The van der Waals surface area contributed by atoms with Gasteiger partial charge in [-0.2, -0.15) is 17.7 Å². The van der Waals surface area contributed by atoms with E-state index in [0.29, 0.717) is 0 Å². The van der Waals surface area contributed by atoms with Crippen LogP contribution in [0.25, 0.3) is 0 Å². The summed E-state index contributed by atoms with van der Waals surface area (Å²) in [6, 6.07) is 8.24. The normalized spacial score (nSPS) is 7.57. The van der Waals surface area contributed by atoms with Crippen LogP contribution in [-0.2, 0) is 18.6 Å². The fraction of sp³-hybridized carbons (Fsp3) is 0.167. The van der Waals surface area contributed by atoms with Gasteiger partial charge in [0.25, 0.3) is 0 Å². The minimum Gasteiger partial charge on any atom is -0.213 e. The summed E-state index contributed by atoms with van der Waals surface area (Å²) in [5, 5.41) is 0. The van der Waals surface area contributed by atoms with Gasteiger partial charge in [-0.05, 0) is 0 Å².